The molecule has 1 fully saturated rings. The molecule has 1 aliphatic heterocycles. The number of nitrogens with one attached hydrogen (secondary N) is 1. The molecule has 2 rings (SSSR count). The topological polar surface area (TPSA) is 32.3 Å². The Morgan fingerprint density at radius 3 is 2.80 bits per heavy atom. The molecule has 0 saturated carbocycles. The van der Waals surface area contributed by atoms with Gasteiger partial charge in [0.1, 0.15) is 0 Å². The molecule has 0 atom stereocenters. The van der Waals surface area contributed by atoms with Crippen LogP contribution in [0.15, 0.2) is 12.1 Å². The van der Waals surface area contributed by atoms with Crippen molar-refractivity contribution in [3.05, 3.63) is 33.8 Å². The van der Waals surface area contributed by atoms with Gasteiger partial charge in [-0.15, -0.1) is 0 Å². The zero-order valence-corrected chi connectivity index (χ0v) is 13.1. The fourth-order valence-electron chi connectivity index (χ4n) is 2.53. The van der Waals surface area contributed by atoms with Crippen LogP contribution < -0.4 is 5.32 Å². The molecule has 1 aromatic carbocycles. The van der Waals surface area contributed by atoms with Gasteiger partial charge in [-0.25, -0.2) is 0 Å². The van der Waals surface area contributed by atoms with E-state index in [-0.39, 0.29) is 5.91 Å². The lowest BCUT2D eigenvalue weighted by molar-refractivity contribution is -0.130. The first-order chi connectivity index (χ1) is 9.58. The van der Waals surface area contributed by atoms with Crippen molar-refractivity contribution in [2.24, 2.45) is 0 Å². The summed E-state index contributed by atoms with van der Waals surface area (Å²) < 4.78 is 0. The highest BCUT2D eigenvalue weighted by Gasteiger charge is 2.15. The quantitative estimate of drug-likeness (QED) is 0.930. The van der Waals surface area contributed by atoms with Crippen molar-refractivity contribution in [2.45, 2.75) is 33.1 Å². The molecule has 1 aliphatic rings. The Kier molecular flexibility index (Phi) is 5.44. The summed E-state index contributed by atoms with van der Waals surface area (Å²) in [5, 5.41) is 4.09. The van der Waals surface area contributed by atoms with E-state index in [0.29, 0.717) is 6.42 Å². The van der Waals surface area contributed by atoms with Crippen molar-refractivity contribution in [1.29, 1.82) is 0 Å². The molecule has 1 aromatic rings. The molecule has 0 radical (unpaired) electrons. The number of carbonyl (C=O) groups is 1. The molecule has 3 nitrogen and oxygen atoms in total. The zero-order chi connectivity index (χ0) is 14.5. The maximum Gasteiger partial charge on any atom is 0.222 e. The van der Waals surface area contributed by atoms with Crippen LogP contribution in [0.5, 0.6) is 0 Å². The lowest BCUT2D eigenvalue weighted by Crippen LogP contribution is -2.34. The van der Waals surface area contributed by atoms with Gasteiger partial charge in [-0.1, -0.05) is 17.7 Å². The van der Waals surface area contributed by atoms with E-state index in [4.69, 9.17) is 11.6 Å². The summed E-state index contributed by atoms with van der Waals surface area (Å²) in [6.45, 7) is 7.73. The summed E-state index contributed by atoms with van der Waals surface area (Å²) in [5.74, 6) is 0.239. The van der Waals surface area contributed by atoms with Crippen LogP contribution in [0, 0.1) is 13.8 Å². The predicted molar refractivity (Wildman–Crippen MR) is 83.3 cm³/mol. The normalized spacial score (nSPS) is 16.1. The fourth-order valence-corrected chi connectivity index (χ4v) is 2.84. The number of hydrogen-bond donors (Lipinski definition) is 1. The molecule has 1 heterocycles. The van der Waals surface area contributed by atoms with Gasteiger partial charge in [-0.2, -0.15) is 0 Å². The van der Waals surface area contributed by atoms with Gasteiger partial charge in [0.25, 0.3) is 0 Å². The van der Waals surface area contributed by atoms with Crippen LogP contribution in [0.25, 0.3) is 0 Å². The monoisotopic (exact) mass is 294 g/mol. The predicted octanol–water partition coefficient (Wildman–Crippen LogP) is 2.71. The molecular formula is C16H23ClN2O. The first-order valence-corrected chi connectivity index (χ1v) is 7.70. The van der Waals surface area contributed by atoms with E-state index in [2.05, 4.69) is 25.2 Å². The second kappa shape index (κ2) is 7.09. The lowest BCUT2D eigenvalue weighted by atomic mass is 10.0. The van der Waals surface area contributed by atoms with Gasteiger partial charge >= 0.3 is 0 Å². The summed E-state index contributed by atoms with van der Waals surface area (Å²) >= 11 is 6.26. The Morgan fingerprint density at radius 2 is 2.00 bits per heavy atom. The summed E-state index contributed by atoms with van der Waals surface area (Å²) in [6, 6.07) is 4.10. The Labute approximate surface area is 126 Å². The van der Waals surface area contributed by atoms with Crippen LogP contribution in [0.2, 0.25) is 5.02 Å². The summed E-state index contributed by atoms with van der Waals surface area (Å²) in [5.41, 5.74) is 3.51. The molecule has 0 aromatic heterocycles. The molecule has 0 bridgehead atoms. The van der Waals surface area contributed by atoms with Gasteiger partial charge in [-0.3, -0.25) is 4.79 Å². The highest BCUT2D eigenvalue weighted by molar-refractivity contribution is 6.31. The van der Waals surface area contributed by atoms with E-state index < -0.39 is 0 Å². The molecule has 0 spiro atoms. The largest absolute Gasteiger partial charge is 0.341 e. The van der Waals surface area contributed by atoms with Crippen molar-refractivity contribution in [3.8, 4) is 0 Å². The second-order valence-corrected chi connectivity index (χ2v) is 5.92. The van der Waals surface area contributed by atoms with E-state index in [1.54, 1.807) is 0 Å². The SMILES string of the molecule is Cc1cc(Cl)c(CCC(=O)N2CCCNCC2)cc1C. The van der Waals surface area contributed by atoms with Crippen LogP contribution in [0.4, 0.5) is 0 Å². The van der Waals surface area contributed by atoms with E-state index in [1.165, 1.54) is 11.1 Å². The molecule has 1 N–H and O–H groups in total. The van der Waals surface area contributed by atoms with Gasteiger partial charge in [0.2, 0.25) is 5.91 Å². The van der Waals surface area contributed by atoms with E-state index in [0.717, 1.165) is 49.6 Å². The Bertz CT molecular complexity index is 480. The Balaban J connectivity index is 1.94. The third kappa shape index (κ3) is 3.97. The minimum absolute atomic E-state index is 0.239. The first-order valence-electron chi connectivity index (χ1n) is 7.32. The third-order valence-electron chi connectivity index (χ3n) is 3.96. The Hall–Kier alpha value is -1.06. The van der Waals surface area contributed by atoms with Crippen molar-refractivity contribution in [1.82, 2.24) is 10.2 Å². The maximum atomic E-state index is 12.2. The van der Waals surface area contributed by atoms with Crippen molar-refractivity contribution in [2.75, 3.05) is 26.2 Å². The Morgan fingerprint density at radius 1 is 1.25 bits per heavy atom. The van der Waals surface area contributed by atoms with Crippen molar-refractivity contribution >= 4 is 17.5 Å². The van der Waals surface area contributed by atoms with Crippen LogP contribution in [0.3, 0.4) is 0 Å². The average Bonchev–Trinajstić information content (AvgIpc) is 2.70. The number of halogens is 1. The van der Waals surface area contributed by atoms with Crippen LogP contribution in [0.1, 0.15) is 29.5 Å². The minimum atomic E-state index is 0.239. The number of aryl methyl sites for hydroxylation is 3. The first kappa shape index (κ1) is 15.3. The fraction of sp³-hybridized carbons (Fsp3) is 0.562. The summed E-state index contributed by atoms with van der Waals surface area (Å²) in [7, 11) is 0. The standard InChI is InChI=1S/C16H23ClN2O/c1-12-10-14(15(17)11-13(12)2)4-5-16(20)19-8-3-6-18-7-9-19/h10-11,18H,3-9H2,1-2H3. The van der Waals surface area contributed by atoms with Crippen LogP contribution in [-0.4, -0.2) is 37.0 Å². The molecule has 110 valence electrons. The zero-order valence-electron chi connectivity index (χ0n) is 12.3. The number of hydrogen-bond acceptors (Lipinski definition) is 2. The highest BCUT2D eigenvalue weighted by atomic mass is 35.5. The smallest absolute Gasteiger partial charge is 0.222 e. The molecule has 1 amide bonds. The van der Waals surface area contributed by atoms with Gasteiger partial charge in [0, 0.05) is 31.1 Å². The summed E-state index contributed by atoms with van der Waals surface area (Å²) in [4.78, 5) is 14.2. The van der Waals surface area contributed by atoms with Crippen molar-refractivity contribution < 1.29 is 4.79 Å². The molecule has 0 unspecified atom stereocenters. The number of amides is 1. The molecule has 0 aliphatic carbocycles. The number of nitrogens with zero attached hydrogens (tertiary/aromatic N) is 1. The van der Waals surface area contributed by atoms with Gasteiger partial charge in [0.05, 0.1) is 0 Å². The van der Waals surface area contributed by atoms with Gasteiger partial charge < -0.3 is 10.2 Å². The minimum Gasteiger partial charge on any atom is -0.341 e. The van der Waals surface area contributed by atoms with E-state index in [1.807, 2.05) is 11.0 Å². The van der Waals surface area contributed by atoms with Gasteiger partial charge in [0.15, 0.2) is 0 Å². The highest BCUT2D eigenvalue weighted by Crippen LogP contribution is 2.22. The average molecular weight is 295 g/mol. The third-order valence-corrected chi connectivity index (χ3v) is 4.32. The summed E-state index contributed by atoms with van der Waals surface area (Å²) in [6.07, 6.45) is 2.31. The van der Waals surface area contributed by atoms with E-state index >= 15 is 0 Å². The maximum absolute atomic E-state index is 12.2. The second-order valence-electron chi connectivity index (χ2n) is 5.51. The molecule has 1 saturated heterocycles. The molecular weight excluding hydrogens is 272 g/mol. The van der Waals surface area contributed by atoms with E-state index in [9.17, 15) is 4.79 Å². The van der Waals surface area contributed by atoms with Crippen LogP contribution >= 0.6 is 11.6 Å². The lowest BCUT2D eigenvalue weighted by Gasteiger charge is -2.20. The number of rotatable bonds is 3. The van der Waals surface area contributed by atoms with Crippen LogP contribution in [-0.2, 0) is 11.2 Å². The molecule has 20 heavy (non-hydrogen) atoms. The molecule has 4 heteroatoms. The van der Waals surface area contributed by atoms with Gasteiger partial charge in [-0.05, 0) is 56.0 Å². The van der Waals surface area contributed by atoms with Crippen molar-refractivity contribution in [3.63, 3.8) is 0 Å². The number of carbonyl (C=O) groups excluding carboxylic acids is 1. The number of benzene rings is 1.